The zero-order chi connectivity index (χ0) is 92.6. The molecule has 14 atom stereocenters. The Morgan fingerprint density at radius 1 is 0.487 bits per heavy atom. The van der Waals surface area contributed by atoms with Gasteiger partial charge >= 0.3 is 89.5 Å². The van der Waals surface area contributed by atoms with Crippen LogP contribution in [-0.4, -0.2) is 318 Å². The van der Waals surface area contributed by atoms with Crippen LogP contribution in [-0.2, 0) is 87.9 Å². The second kappa shape index (κ2) is 80.4. The fraction of sp³-hybridized carbons (Fsp3) is 0.698. The number of aliphatic carboxylic acids is 14. The maximum absolute atomic E-state index is 11.4. The van der Waals surface area contributed by atoms with Crippen LogP contribution in [0.25, 0.3) is 0 Å². The summed E-state index contributed by atoms with van der Waals surface area (Å²) in [5.41, 5.74) is 65.6. The highest BCUT2D eigenvalue weighted by atomic mass is 32.2. The lowest BCUT2D eigenvalue weighted by Gasteiger charge is -2.20. The predicted octanol–water partition coefficient (Wildman–Crippen LogP) is -6.79. The molecule has 1 amide bonds. The Morgan fingerprint density at radius 3 is 0.965 bits per heavy atom. The van der Waals surface area contributed by atoms with Gasteiger partial charge in [0.25, 0.3) is 0 Å². The number of rotatable bonds is 31. The molecule has 3 aliphatic rings. The minimum absolute atomic E-state index is 0.0208. The number of nitrogens with one attached hydrogen (secondary N) is 4. The number of amides is 1. The molecule has 0 aromatic carbocycles. The highest BCUT2D eigenvalue weighted by Gasteiger charge is 2.27. The van der Waals surface area contributed by atoms with E-state index >= 15 is 0 Å². The van der Waals surface area contributed by atoms with Crippen molar-refractivity contribution in [2.75, 3.05) is 62.8 Å². The van der Waals surface area contributed by atoms with E-state index in [0.29, 0.717) is 12.8 Å². The van der Waals surface area contributed by atoms with Crippen molar-refractivity contribution in [2.24, 2.45) is 92.3 Å². The largest absolute Gasteiger partial charge is 0.480 e. The second-order valence-corrected chi connectivity index (χ2v) is 25.9. The smallest absolute Gasteiger partial charge is 0.324 e. The standard InChI is InChI=1S/C10H20N2O4.C6H9N3O2.C6H13NO2.C5H11NO2S.3C5H9NO2.C5H11NO2.C4H8N2O3.2C3H7NO2S.3C2H5NO2/c1-5(2)4-7(11)10(15)16-6(3)8(12)9(13)14;7-5(6(10)11)1-4-2-8-3-9-4;1-3-4(2)5(7)6(8)9;1-9-3-2-4(6)5(7)8;3*7-5(8)4-2-1-3-6-4;1-3(2)4(6)5(7)8;5-2(4(8)9)1-3(6)7;2*4-2(1-7)3(5)6;3*3-1-2(4)5/h5-8H,4,11-12H2,1-3H3,(H,13,14);2-3,5H,1,7H2,(H,8,9)(H,10,11);4-5H,3,7H2,1-2H3,(H,8,9);4H,2-3,6H2,1H3,(H,7,8);3*4,6H,1-3H2,(H,7,8);3-4H,6H2,1-2H3,(H,7,8);2H,1,5H2,(H2,6,7)(H,8,9);2*2,7H,1,4H2,(H,5,6);3*1,3H2,(H,4,5)/t6-,7+,8+;5-;4-,5-;5*4-;3*2-;;;/m10000000000.../s1. The van der Waals surface area contributed by atoms with Crippen LogP contribution in [0.1, 0.15) is 118 Å². The Morgan fingerprint density at radius 2 is 0.809 bits per heavy atom. The number of carbonyl (C=O) groups is 16. The second-order valence-electron chi connectivity index (χ2n) is 24.2. The van der Waals surface area contributed by atoms with E-state index in [-0.39, 0.29) is 79.9 Å². The lowest BCUT2D eigenvalue weighted by Crippen LogP contribution is -2.45. The monoisotopic (exact) mass is 1730 g/mol. The fourth-order valence-electron chi connectivity index (χ4n) is 6.17. The number of hydrogen-bond acceptors (Lipinski definition) is 36. The van der Waals surface area contributed by atoms with Crippen LogP contribution >= 0.6 is 37.0 Å². The summed E-state index contributed by atoms with van der Waals surface area (Å²) in [7, 11) is 0. The number of primary amides is 1. The molecule has 115 heavy (non-hydrogen) atoms. The molecular weight excluding hydrogens is 1600 g/mol. The number of imidazole rings is 1. The van der Waals surface area contributed by atoms with Crippen molar-refractivity contribution in [1.82, 2.24) is 25.9 Å². The fourth-order valence-corrected chi connectivity index (χ4v) is 6.97. The molecule has 3 aliphatic heterocycles. The molecule has 3 fully saturated rings. The van der Waals surface area contributed by atoms with Crippen LogP contribution in [0.15, 0.2) is 12.5 Å². The maximum atomic E-state index is 11.4. The molecule has 674 valence electrons. The maximum Gasteiger partial charge on any atom is 0.324 e. The van der Waals surface area contributed by atoms with Gasteiger partial charge < -0.3 is 172 Å². The summed E-state index contributed by atoms with van der Waals surface area (Å²) in [6.07, 6.45) is 11.3. The van der Waals surface area contributed by atoms with Crippen LogP contribution in [0.5, 0.6) is 0 Å². The summed E-state index contributed by atoms with van der Waals surface area (Å²) in [5, 5.41) is 122. The van der Waals surface area contributed by atoms with Crippen molar-refractivity contribution in [3.8, 4) is 0 Å². The quantitative estimate of drug-likeness (QED) is 0.0243. The first-order chi connectivity index (χ1) is 52.9. The zero-order valence-corrected chi connectivity index (χ0v) is 68.1. The molecule has 52 heteroatoms. The number of thioether (sulfide) groups is 1. The van der Waals surface area contributed by atoms with E-state index in [9.17, 15) is 76.7 Å². The molecular formula is C63H128N18O31S3. The van der Waals surface area contributed by atoms with Gasteiger partial charge in [0.1, 0.15) is 78.6 Å². The number of aromatic nitrogens is 2. The van der Waals surface area contributed by atoms with Crippen molar-refractivity contribution in [1.29, 1.82) is 0 Å². The molecule has 0 unspecified atom stereocenters. The molecule has 0 bridgehead atoms. The average molecular weight is 1730 g/mol. The first kappa shape index (κ1) is 127. The number of esters is 1. The Kier molecular flexibility index (Phi) is 88.7. The summed E-state index contributed by atoms with van der Waals surface area (Å²) in [6.45, 7) is 14.3. The number of carbonyl (C=O) groups excluding carboxylic acids is 2. The molecule has 44 N–H and O–H groups in total. The van der Waals surface area contributed by atoms with Gasteiger partial charge in [0.05, 0.1) is 32.4 Å². The van der Waals surface area contributed by atoms with Crippen molar-refractivity contribution < 1.29 is 153 Å². The average Bonchev–Trinajstić information content (AvgIpc) is 1.11. The molecule has 4 heterocycles. The van der Waals surface area contributed by atoms with Crippen molar-refractivity contribution >= 4 is 132 Å². The zero-order valence-electron chi connectivity index (χ0n) is 65.5. The molecule has 0 radical (unpaired) electrons. The number of nitrogens with zero attached hydrogens (tertiary/aromatic N) is 1. The third kappa shape index (κ3) is 90.6. The number of H-pyrrole nitrogens is 1. The summed E-state index contributed by atoms with van der Waals surface area (Å²) >= 11 is 8.90. The molecule has 49 nitrogen and oxygen atoms in total. The molecule has 0 spiro atoms. The first-order valence-corrected chi connectivity index (χ1v) is 37.0. The Labute approximate surface area is 679 Å². The number of carboxylic acid groups (broad SMARTS) is 14. The molecule has 0 aliphatic carbocycles. The van der Waals surface area contributed by atoms with Gasteiger partial charge in [-0.1, -0.05) is 48.0 Å². The summed E-state index contributed by atoms with van der Waals surface area (Å²) in [4.78, 5) is 167. The topological polar surface area (TPSA) is 969 Å². The van der Waals surface area contributed by atoms with E-state index in [0.717, 1.165) is 76.0 Å². The molecule has 1 aromatic rings. The van der Waals surface area contributed by atoms with E-state index in [2.05, 4.69) is 74.1 Å². The van der Waals surface area contributed by atoms with Crippen molar-refractivity contribution in [3.63, 3.8) is 0 Å². The normalized spacial score (nSPS) is 16.3. The van der Waals surface area contributed by atoms with Gasteiger partial charge in [-0.25, -0.2) is 4.98 Å². The van der Waals surface area contributed by atoms with E-state index in [1.165, 1.54) is 13.3 Å². The van der Waals surface area contributed by atoms with Gasteiger partial charge in [-0.3, -0.25) is 76.7 Å². The van der Waals surface area contributed by atoms with E-state index in [1.54, 1.807) is 31.8 Å². The molecule has 0 saturated carbocycles. The van der Waals surface area contributed by atoms with Gasteiger partial charge in [-0.15, -0.1) is 0 Å². The van der Waals surface area contributed by atoms with E-state index < -0.39 is 156 Å². The molecule has 4 rings (SSSR count). The molecule has 3 saturated heterocycles. The van der Waals surface area contributed by atoms with Crippen LogP contribution in [0, 0.1) is 17.8 Å². The SMILES string of the molecule is CC(C)C[C@H](N)C(=O)O[C@H](C)[C@H](N)C(=O)O.CC(C)[C@H](N)C(=O)O.CC[C@H](C)[C@H](N)C(=O)O.CSCC[C@H](N)C(=O)O.NC(=O)C[C@H](N)C(=O)O.NCC(=O)O.NCC(=O)O.NCC(=O)O.N[C@@H](CS)C(=O)O.N[C@@H](CS)C(=O)O.N[C@@H](Cc1cnc[nH]1)C(=O)O.O=C(O)[C@@H]1CCCN1.O=C(O)[C@@H]1CCCN1.O=C(O)[C@@H]1CCCN1. The number of thiol groups is 2. The van der Waals surface area contributed by atoms with Crippen molar-refractivity contribution in [2.45, 2.75) is 198 Å². The van der Waals surface area contributed by atoms with Crippen LogP contribution in [0.4, 0.5) is 0 Å². The van der Waals surface area contributed by atoms with Gasteiger partial charge in [-0.05, 0) is 108 Å². The van der Waals surface area contributed by atoms with Crippen LogP contribution < -0.4 is 90.5 Å². The van der Waals surface area contributed by atoms with Gasteiger partial charge in [0.2, 0.25) is 5.91 Å². The number of carboxylic acids is 14. The highest BCUT2D eigenvalue weighted by molar-refractivity contribution is 7.98. The Balaban J connectivity index is -0.000000130. The lowest BCUT2D eigenvalue weighted by molar-refractivity contribution is -0.155. The Hall–Kier alpha value is -8.82. The third-order valence-corrected chi connectivity index (χ3v) is 14.7. The first-order valence-electron chi connectivity index (χ1n) is 34.3. The van der Waals surface area contributed by atoms with Gasteiger partial charge in [0.15, 0.2) is 0 Å². The van der Waals surface area contributed by atoms with Crippen molar-refractivity contribution in [3.05, 3.63) is 18.2 Å². The van der Waals surface area contributed by atoms with Gasteiger partial charge in [-0.2, -0.15) is 37.0 Å². The number of hydrogen-bond donors (Lipinski definition) is 33. The number of nitrogens with two attached hydrogens (primary N) is 13. The predicted molar refractivity (Wildman–Crippen MR) is 425 cm³/mol. The van der Waals surface area contributed by atoms with Gasteiger partial charge in [0, 0.05) is 29.8 Å². The summed E-state index contributed by atoms with van der Waals surface area (Å²) in [5.74, 6) is -13.0. The van der Waals surface area contributed by atoms with E-state index in [1.807, 2.05) is 34.0 Å². The lowest BCUT2D eigenvalue weighted by atomic mass is 10.0. The third-order valence-electron chi connectivity index (χ3n) is 13.3. The summed E-state index contributed by atoms with van der Waals surface area (Å²) in [6, 6.07) is -8.51. The van der Waals surface area contributed by atoms with Crippen LogP contribution in [0.3, 0.4) is 0 Å². The van der Waals surface area contributed by atoms with Crippen LogP contribution in [0.2, 0.25) is 0 Å². The molecule has 1 aromatic heterocycles. The minimum atomic E-state index is -1.23. The number of aromatic amines is 1. The van der Waals surface area contributed by atoms with E-state index in [4.69, 9.17) is 128 Å². The number of ether oxygens (including phenoxy) is 1. The summed E-state index contributed by atoms with van der Waals surface area (Å²) < 4.78 is 4.87. The minimum Gasteiger partial charge on any atom is -0.480 e. The Bertz CT molecular complexity index is 2720. The highest BCUT2D eigenvalue weighted by Crippen LogP contribution is 2.09.